The Labute approximate surface area is 145 Å². The number of hydrogen-bond donors (Lipinski definition) is 0. The van der Waals surface area contributed by atoms with Gasteiger partial charge in [-0.1, -0.05) is 29.3 Å². The van der Waals surface area contributed by atoms with Gasteiger partial charge in [-0.15, -0.1) is 0 Å². The molecule has 0 N–H and O–H groups in total. The summed E-state index contributed by atoms with van der Waals surface area (Å²) in [5.41, 5.74) is 0.119. The lowest BCUT2D eigenvalue weighted by Crippen LogP contribution is -2.32. The number of fused-ring (bicyclic) bond motifs is 1. The first-order valence-corrected chi connectivity index (χ1v) is 7.57. The Hall–Kier alpha value is -3.16. The van der Waals surface area contributed by atoms with Crippen LogP contribution in [0.4, 0.5) is 13.2 Å². The van der Waals surface area contributed by atoms with Crippen LogP contribution in [-0.4, -0.2) is 29.0 Å². The van der Waals surface area contributed by atoms with Crippen LogP contribution in [0, 0.1) is 0 Å². The summed E-state index contributed by atoms with van der Waals surface area (Å²) in [4.78, 5) is 41.2. The SMILES string of the molecule is CC(c1ccc(C(=O)ON2C(=O)c3ccccc3C2=O)cc1)C(F)(F)F. The maximum atomic E-state index is 12.7. The number of carbonyl (C=O) groups excluding carboxylic acids is 3. The molecule has 26 heavy (non-hydrogen) atoms. The molecule has 0 saturated heterocycles. The topological polar surface area (TPSA) is 63.7 Å². The van der Waals surface area contributed by atoms with E-state index in [-0.39, 0.29) is 22.3 Å². The van der Waals surface area contributed by atoms with Gasteiger partial charge in [0.15, 0.2) is 0 Å². The molecular weight excluding hydrogens is 351 g/mol. The van der Waals surface area contributed by atoms with Gasteiger partial charge in [-0.2, -0.15) is 13.2 Å². The van der Waals surface area contributed by atoms with Crippen molar-refractivity contribution in [1.82, 2.24) is 5.06 Å². The van der Waals surface area contributed by atoms with Gasteiger partial charge in [0.25, 0.3) is 11.8 Å². The lowest BCUT2D eigenvalue weighted by molar-refractivity contribution is -0.146. The van der Waals surface area contributed by atoms with Gasteiger partial charge in [0.05, 0.1) is 22.6 Å². The van der Waals surface area contributed by atoms with Gasteiger partial charge in [0.2, 0.25) is 0 Å². The van der Waals surface area contributed by atoms with Crippen molar-refractivity contribution in [3.05, 3.63) is 70.8 Å². The Morgan fingerprint density at radius 1 is 0.962 bits per heavy atom. The summed E-state index contributed by atoms with van der Waals surface area (Å²) in [6, 6.07) is 10.6. The van der Waals surface area contributed by atoms with E-state index in [1.807, 2.05) is 0 Å². The summed E-state index contributed by atoms with van der Waals surface area (Å²) in [5, 5.41) is 0.346. The van der Waals surface area contributed by atoms with Crippen molar-refractivity contribution in [1.29, 1.82) is 0 Å². The van der Waals surface area contributed by atoms with Crippen LogP contribution in [0.1, 0.15) is 49.5 Å². The molecule has 2 aromatic carbocycles. The molecule has 0 bridgehead atoms. The van der Waals surface area contributed by atoms with Gasteiger partial charge >= 0.3 is 12.1 Å². The summed E-state index contributed by atoms with van der Waals surface area (Å²) in [5.74, 6) is -4.27. The fourth-order valence-electron chi connectivity index (χ4n) is 2.48. The van der Waals surface area contributed by atoms with Crippen LogP contribution in [0.25, 0.3) is 0 Å². The highest BCUT2D eigenvalue weighted by Gasteiger charge is 2.39. The number of hydroxylamine groups is 2. The molecule has 0 saturated carbocycles. The number of nitrogens with zero attached hydrogens (tertiary/aromatic N) is 1. The van der Waals surface area contributed by atoms with E-state index < -0.39 is 29.9 Å². The van der Waals surface area contributed by atoms with Gasteiger partial charge in [0, 0.05) is 0 Å². The highest BCUT2D eigenvalue weighted by Crippen LogP contribution is 2.34. The molecule has 5 nitrogen and oxygen atoms in total. The van der Waals surface area contributed by atoms with E-state index in [2.05, 4.69) is 0 Å². The third-order valence-electron chi connectivity index (χ3n) is 4.07. The lowest BCUT2D eigenvalue weighted by Gasteiger charge is -2.16. The number of carbonyl (C=O) groups is 3. The van der Waals surface area contributed by atoms with Crippen molar-refractivity contribution in [3.63, 3.8) is 0 Å². The van der Waals surface area contributed by atoms with Crippen molar-refractivity contribution < 1.29 is 32.4 Å². The Bertz CT molecular complexity index is 855. The minimum Gasteiger partial charge on any atom is -0.324 e. The Morgan fingerprint density at radius 3 is 1.92 bits per heavy atom. The molecule has 0 spiro atoms. The van der Waals surface area contributed by atoms with E-state index in [0.717, 1.165) is 31.2 Å². The maximum Gasteiger partial charge on any atom is 0.395 e. The fourth-order valence-corrected chi connectivity index (χ4v) is 2.48. The Kier molecular flexibility index (Phi) is 4.27. The molecule has 0 fully saturated rings. The van der Waals surface area contributed by atoms with E-state index in [4.69, 9.17) is 4.84 Å². The molecule has 0 aromatic heterocycles. The number of rotatable bonds is 3. The number of halogens is 3. The number of alkyl halides is 3. The van der Waals surface area contributed by atoms with Gasteiger partial charge in [-0.3, -0.25) is 9.59 Å². The summed E-state index contributed by atoms with van der Waals surface area (Å²) < 4.78 is 38.1. The molecule has 2 amide bonds. The molecule has 0 aliphatic carbocycles. The third-order valence-corrected chi connectivity index (χ3v) is 4.07. The van der Waals surface area contributed by atoms with Gasteiger partial charge < -0.3 is 4.84 Å². The highest BCUT2D eigenvalue weighted by atomic mass is 19.4. The molecular formula is C18H12F3NO4. The monoisotopic (exact) mass is 363 g/mol. The van der Waals surface area contributed by atoms with Gasteiger partial charge in [-0.25, -0.2) is 4.79 Å². The standard InChI is InChI=1S/C18H12F3NO4/c1-10(18(19,20)21)11-6-8-12(9-7-11)17(25)26-22-15(23)13-4-2-3-5-14(13)16(22)24/h2-10H,1H3. The lowest BCUT2D eigenvalue weighted by atomic mass is 9.99. The van der Waals surface area contributed by atoms with Crippen LogP contribution in [-0.2, 0) is 4.84 Å². The van der Waals surface area contributed by atoms with Crippen LogP contribution < -0.4 is 0 Å². The molecule has 3 rings (SSSR count). The zero-order valence-corrected chi connectivity index (χ0v) is 13.4. The van der Waals surface area contributed by atoms with Crippen molar-refractivity contribution in [2.45, 2.75) is 19.0 Å². The second kappa shape index (κ2) is 6.29. The molecule has 1 aliphatic heterocycles. The van der Waals surface area contributed by atoms with Crippen molar-refractivity contribution in [3.8, 4) is 0 Å². The van der Waals surface area contributed by atoms with Gasteiger partial charge in [0.1, 0.15) is 0 Å². The highest BCUT2D eigenvalue weighted by molar-refractivity contribution is 6.21. The van der Waals surface area contributed by atoms with Crippen molar-refractivity contribution in [2.24, 2.45) is 0 Å². The van der Waals surface area contributed by atoms with Crippen molar-refractivity contribution in [2.75, 3.05) is 0 Å². The summed E-state index contributed by atoms with van der Waals surface area (Å²) in [7, 11) is 0. The minimum absolute atomic E-state index is 0.0187. The number of benzene rings is 2. The molecule has 2 aromatic rings. The van der Waals surface area contributed by atoms with E-state index >= 15 is 0 Å². The summed E-state index contributed by atoms with van der Waals surface area (Å²) in [6.07, 6.45) is -4.40. The smallest absolute Gasteiger partial charge is 0.324 e. The quantitative estimate of drug-likeness (QED) is 0.780. The second-order valence-corrected chi connectivity index (χ2v) is 5.71. The number of hydrogen-bond acceptors (Lipinski definition) is 4. The van der Waals surface area contributed by atoms with E-state index in [1.165, 1.54) is 12.1 Å². The second-order valence-electron chi connectivity index (χ2n) is 5.71. The summed E-state index contributed by atoms with van der Waals surface area (Å²) >= 11 is 0. The molecule has 1 heterocycles. The van der Waals surface area contributed by atoms with Crippen LogP contribution in [0.5, 0.6) is 0 Å². The molecule has 1 aliphatic rings. The normalized spacial score (nSPS) is 15.0. The molecule has 1 unspecified atom stereocenters. The average Bonchev–Trinajstić information content (AvgIpc) is 2.86. The zero-order chi connectivity index (χ0) is 19.1. The van der Waals surface area contributed by atoms with Crippen LogP contribution >= 0.6 is 0 Å². The number of imide groups is 1. The Morgan fingerprint density at radius 2 is 1.46 bits per heavy atom. The van der Waals surface area contributed by atoms with Crippen molar-refractivity contribution >= 4 is 17.8 Å². The summed E-state index contributed by atoms with van der Waals surface area (Å²) in [6.45, 7) is 1.01. The molecule has 0 radical (unpaired) electrons. The Balaban J connectivity index is 1.75. The third kappa shape index (κ3) is 3.05. The minimum atomic E-state index is -4.40. The average molecular weight is 363 g/mol. The number of amides is 2. The first-order chi connectivity index (χ1) is 12.2. The van der Waals surface area contributed by atoms with Crippen LogP contribution in [0.2, 0.25) is 0 Å². The van der Waals surface area contributed by atoms with Crippen LogP contribution in [0.15, 0.2) is 48.5 Å². The molecule has 1 atom stereocenters. The first-order valence-electron chi connectivity index (χ1n) is 7.57. The molecule has 134 valence electrons. The van der Waals surface area contributed by atoms with E-state index in [0.29, 0.717) is 5.06 Å². The van der Waals surface area contributed by atoms with Crippen LogP contribution in [0.3, 0.4) is 0 Å². The predicted molar refractivity (Wildman–Crippen MR) is 83.3 cm³/mol. The van der Waals surface area contributed by atoms with E-state index in [9.17, 15) is 27.6 Å². The molecule has 8 heteroatoms. The van der Waals surface area contributed by atoms with Gasteiger partial charge in [-0.05, 0) is 36.8 Å². The predicted octanol–water partition coefficient (Wildman–Crippen LogP) is 3.72. The first kappa shape index (κ1) is 17.7. The largest absolute Gasteiger partial charge is 0.395 e. The van der Waals surface area contributed by atoms with E-state index in [1.54, 1.807) is 12.1 Å². The maximum absolute atomic E-state index is 12.7. The fraction of sp³-hybridized carbons (Fsp3) is 0.167. The zero-order valence-electron chi connectivity index (χ0n) is 13.4.